The van der Waals surface area contributed by atoms with Crippen molar-refractivity contribution in [3.63, 3.8) is 0 Å². The molecule has 4 rings (SSSR count). The van der Waals surface area contributed by atoms with Gasteiger partial charge in [-0.2, -0.15) is 13.2 Å². The lowest BCUT2D eigenvalue weighted by molar-refractivity contribution is -0.153. The minimum absolute atomic E-state index is 0.226. The summed E-state index contributed by atoms with van der Waals surface area (Å²) in [6.07, 6.45) is 0.511. The highest BCUT2D eigenvalue weighted by Crippen LogP contribution is 2.26. The highest BCUT2D eigenvalue weighted by molar-refractivity contribution is 5.84. The molecule has 0 fully saturated rings. The van der Waals surface area contributed by atoms with E-state index in [1.54, 1.807) is 24.3 Å². The van der Waals surface area contributed by atoms with Crippen LogP contribution in [0.25, 0.3) is 10.8 Å². The number of hydrogen-bond acceptors (Lipinski definition) is 1. The largest absolute Gasteiger partial charge is 0.481 e. The molecule has 0 radical (unpaired) electrons. The second-order valence-corrected chi connectivity index (χ2v) is 9.52. The summed E-state index contributed by atoms with van der Waals surface area (Å²) in [5.74, 6) is -1.97. The molecule has 0 atom stereocenters. The molecule has 4 aromatic carbocycles. The lowest BCUT2D eigenvalue weighted by Crippen LogP contribution is -2.19. The Morgan fingerprint density at radius 3 is 1.97 bits per heavy atom. The number of allylic oxidation sites excluding steroid dienone is 1. The van der Waals surface area contributed by atoms with Crippen LogP contribution in [0.2, 0.25) is 0 Å². The first-order chi connectivity index (χ1) is 18.6. The summed E-state index contributed by atoms with van der Waals surface area (Å²) in [5.41, 5.74) is 3.50. The Bertz CT molecular complexity index is 1460. The van der Waals surface area contributed by atoms with Gasteiger partial charge < -0.3 is 4.74 Å². The van der Waals surface area contributed by atoms with Crippen molar-refractivity contribution in [3.05, 3.63) is 125 Å². The van der Waals surface area contributed by atoms with Crippen molar-refractivity contribution in [2.75, 3.05) is 6.61 Å². The van der Waals surface area contributed by atoms with Crippen LogP contribution >= 0.6 is 0 Å². The Hall–Kier alpha value is -3.74. The molecule has 4 aromatic rings. The normalized spacial score (nSPS) is 11.6. The number of aryl methyl sites for hydroxylation is 5. The fraction of sp³-hybridized carbons (Fsp3) is 0.250. The van der Waals surface area contributed by atoms with Crippen molar-refractivity contribution in [3.8, 4) is 5.75 Å². The van der Waals surface area contributed by atoms with Crippen LogP contribution in [-0.4, -0.2) is 12.8 Å². The first kappa shape index (κ1) is 28.3. The molecule has 0 saturated heterocycles. The smallest absolute Gasteiger partial charge is 0.422 e. The zero-order valence-corrected chi connectivity index (χ0v) is 21.3. The Balaban J connectivity index is 1.39. The van der Waals surface area contributed by atoms with Crippen LogP contribution in [0.15, 0.2) is 79.4 Å². The van der Waals surface area contributed by atoms with Gasteiger partial charge in [0, 0.05) is 5.39 Å². The summed E-state index contributed by atoms with van der Waals surface area (Å²) in [7, 11) is 0. The van der Waals surface area contributed by atoms with E-state index in [4.69, 9.17) is 0 Å². The summed E-state index contributed by atoms with van der Waals surface area (Å²) in [6, 6.07) is 18.0. The van der Waals surface area contributed by atoms with Gasteiger partial charge in [-0.25, -0.2) is 13.2 Å². The summed E-state index contributed by atoms with van der Waals surface area (Å²) in [6.45, 7) is 2.11. The zero-order chi connectivity index (χ0) is 28.0. The van der Waals surface area contributed by atoms with Gasteiger partial charge in [0.2, 0.25) is 0 Å². The molecule has 39 heavy (non-hydrogen) atoms. The van der Waals surface area contributed by atoms with Crippen LogP contribution in [0, 0.1) is 17.5 Å². The van der Waals surface area contributed by atoms with Crippen molar-refractivity contribution in [1.29, 1.82) is 0 Å². The standard InChI is InChI=1S/C32H28F6O/c1-2-3-4-21-5-10-24(28(33)18-21)11-6-22-8-15-27-26(17-22)14-13-25(31(27)35)12-7-23-9-16-30(29(34)19-23)39-20-32(36,37)38/h2,5,8-10,13-19H,1,3-4,6-7,11-12,20H2. The second kappa shape index (κ2) is 12.4. The lowest BCUT2D eigenvalue weighted by Gasteiger charge is -2.11. The summed E-state index contributed by atoms with van der Waals surface area (Å²) in [5, 5.41) is 1.18. The zero-order valence-electron chi connectivity index (χ0n) is 21.3. The number of hydrogen-bond donors (Lipinski definition) is 0. The van der Waals surface area contributed by atoms with E-state index in [0.717, 1.165) is 41.5 Å². The molecule has 0 saturated carbocycles. The highest BCUT2D eigenvalue weighted by Gasteiger charge is 2.29. The van der Waals surface area contributed by atoms with Gasteiger partial charge in [-0.3, -0.25) is 0 Å². The third kappa shape index (κ3) is 7.65. The van der Waals surface area contributed by atoms with Crippen LogP contribution < -0.4 is 4.74 Å². The van der Waals surface area contributed by atoms with Crippen LogP contribution in [0.1, 0.15) is 34.2 Å². The third-order valence-electron chi connectivity index (χ3n) is 6.61. The second-order valence-electron chi connectivity index (χ2n) is 9.52. The van der Waals surface area contributed by atoms with E-state index >= 15 is 4.39 Å². The van der Waals surface area contributed by atoms with Gasteiger partial charge in [-0.05, 0) is 89.9 Å². The van der Waals surface area contributed by atoms with Crippen molar-refractivity contribution >= 4 is 10.8 Å². The van der Waals surface area contributed by atoms with Gasteiger partial charge in [0.05, 0.1) is 0 Å². The van der Waals surface area contributed by atoms with Crippen LogP contribution in [0.5, 0.6) is 5.75 Å². The molecule has 0 unspecified atom stereocenters. The van der Waals surface area contributed by atoms with E-state index in [1.807, 2.05) is 30.3 Å². The molecule has 0 aliphatic rings. The molecule has 0 heterocycles. The fourth-order valence-electron chi connectivity index (χ4n) is 4.49. The number of benzene rings is 4. The lowest BCUT2D eigenvalue weighted by atomic mass is 9.97. The Labute approximate surface area is 223 Å². The average molecular weight is 543 g/mol. The Morgan fingerprint density at radius 1 is 0.667 bits per heavy atom. The summed E-state index contributed by atoms with van der Waals surface area (Å²) >= 11 is 0. The van der Waals surface area contributed by atoms with Gasteiger partial charge in [0.25, 0.3) is 0 Å². The van der Waals surface area contributed by atoms with Crippen LogP contribution in [-0.2, 0) is 32.1 Å². The minimum atomic E-state index is -4.56. The van der Waals surface area contributed by atoms with Gasteiger partial charge in [-0.1, -0.05) is 54.6 Å². The predicted octanol–water partition coefficient (Wildman–Crippen LogP) is 8.89. The molecule has 0 spiro atoms. The van der Waals surface area contributed by atoms with Crippen LogP contribution in [0.4, 0.5) is 26.3 Å². The molecule has 1 nitrogen and oxygen atoms in total. The molecule has 0 amide bonds. The van der Waals surface area contributed by atoms with Crippen molar-refractivity contribution in [2.24, 2.45) is 0 Å². The molecular weight excluding hydrogens is 514 g/mol. The van der Waals surface area contributed by atoms with Gasteiger partial charge >= 0.3 is 6.18 Å². The van der Waals surface area contributed by atoms with Crippen molar-refractivity contribution in [2.45, 2.75) is 44.7 Å². The van der Waals surface area contributed by atoms with Gasteiger partial charge in [-0.15, -0.1) is 6.58 Å². The first-order valence-electron chi connectivity index (χ1n) is 12.7. The molecule has 0 N–H and O–H groups in total. The van der Waals surface area contributed by atoms with Gasteiger partial charge in [0.15, 0.2) is 18.2 Å². The SMILES string of the molecule is C=CCCc1ccc(CCc2ccc3c(F)c(CCc4ccc(OCC(F)(F)F)c(F)c4)ccc3c2)c(F)c1. The number of fused-ring (bicyclic) bond motifs is 1. The summed E-state index contributed by atoms with van der Waals surface area (Å²) < 4.78 is 85.3. The van der Waals surface area contributed by atoms with E-state index in [-0.39, 0.29) is 18.1 Å². The number of alkyl halides is 3. The topological polar surface area (TPSA) is 9.23 Å². The maximum atomic E-state index is 15.2. The molecule has 0 bridgehead atoms. The van der Waals surface area contributed by atoms with E-state index in [2.05, 4.69) is 11.3 Å². The van der Waals surface area contributed by atoms with Gasteiger partial charge in [0.1, 0.15) is 11.6 Å². The monoisotopic (exact) mass is 542 g/mol. The Morgan fingerprint density at radius 2 is 1.28 bits per heavy atom. The number of ether oxygens (including phenoxy) is 1. The van der Waals surface area contributed by atoms with E-state index in [1.165, 1.54) is 6.07 Å². The Kier molecular flexibility index (Phi) is 9.00. The van der Waals surface area contributed by atoms with Crippen molar-refractivity contribution in [1.82, 2.24) is 0 Å². The van der Waals surface area contributed by atoms with Crippen LogP contribution in [0.3, 0.4) is 0 Å². The maximum absolute atomic E-state index is 15.2. The quantitative estimate of drug-likeness (QED) is 0.136. The first-order valence-corrected chi connectivity index (χ1v) is 12.7. The average Bonchev–Trinajstić information content (AvgIpc) is 2.90. The maximum Gasteiger partial charge on any atom is 0.422 e. The minimum Gasteiger partial charge on any atom is -0.481 e. The molecule has 0 aliphatic heterocycles. The predicted molar refractivity (Wildman–Crippen MR) is 142 cm³/mol. The third-order valence-corrected chi connectivity index (χ3v) is 6.61. The van der Waals surface area contributed by atoms with E-state index < -0.39 is 24.3 Å². The molecule has 204 valence electrons. The molecule has 0 aromatic heterocycles. The highest BCUT2D eigenvalue weighted by atomic mass is 19.4. The molecule has 0 aliphatic carbocycles. The van der Waals surface area contributed by atoms with E-state index in [0.29, 0.717) is 41.3 Å². The molecular formula is C32H28F6O. The molecule has 7 heteroatoms. The summed E-state index contributed by atoms with van der Waals surface area (Å²) in [4.78, 5) is 0. The van der Waals surface area contributed by atoms with Crippen molar-refractivity contribution < 1.29 is 31.1 Å². The van der Waals surface area contributed by atoms with E-state index in [9.17, 15) is 22.0 Å². The fourth-order valence-corrected chi connectivity index (χ4v) is 4.49. The number of rotatable bonds is 11. The number of halogens is 6.